The summed E-state index contributed by atoms with van der Waals surface area (Å²) in [6, 6.07) is 0.276. The first-order valence-corrected chi connectivity index (χ1v) is 4.64. The summed E-state index contributed by atoms with van der Waals surface area (Å²) in [5.74, 6) is 0.714. The second-order valence-corrected chi connectivity index (χ2v) is 4.06. The highest BCUT2D eigenvalue weighted by Gasteiger charge is 2.38. The molecule has 1 aliphatic heterocycles. The Hall–Kier alpha value is -0.240. The van der Waals surface area contributed by atoms with Crippen LogP contribution in [0.15, 0.2) is 0 Å². The van der Waals surface area contributed by atoms with E-state index in [4.69, 9.17) is 11.6 Å². The summed E-state index contributed by atoms with van der Waals surface area (Å²) >= 11 is 6.07. The van der Waals surface area contributed by atoms with Crippen LogP contribution in [0.1, 0.15) is 25.7 Å². The summed E-state index contributed by atoms with van der Waals surface area (Å²) < 4.78 is 0. The van der Waals surface area contributed by atoms with Gasteiger partial charge in [-0.2, -0.15) is 0 Å². The number of alkyl halides is 1. The minimum Gasteiger partial charge on any atom is -0.352 e. The fourth-order valence-electron chi connectivity index (χ4n) is 2.15. The molecule has 0 radical (unpaired) electrons. The molecule has 1 aliphatic carbocycles. The van der Waals surface area contributed by atoms with Gasteiger partial charge >= 0.3 is 0 Å². The van der Waals surface area contributed by atoms with E-state index in [-0.39, 0.29) is 17.3 Å². The topological polar surface area (TPSA) is 29.1 Å². The molecule has 1 amide bonds. The average Bonchev–Trinajstić information content (AvgIpc) is 2.31. The van der Waals surface area contributed by atoms with E-state index < -0.39 is 0 Å². The second kappa shape index (κ2) is 2.67. The number of hydrogen-bond donors (Lipinski definition) is 1. The van der Waals surface area contributed by atoms with Crippen molar-refractivity contribution in [2.45, 2.75) is 37.1 Å². The lowest BCUT2D eigenvalue weighted by molar-refractivity contribution is -0.119. The Morgan fingerprint density at radius 1 is 1.45 bits per heavy atom. The third-order valence-corrected chi connectivity index (χ3v) is 3.22. The Balaban J connectivity index is 2.09. The largest absolute Gasteiger partial charge is 0.352 e. The minimum atomic E-state index is 0.181. The van der Waals surface area contributed by atoms with E-state index >= 15 is 0 Å². The lowest BCUT2D eigenvalue weighted by Crippen LogP contribution is -2.39. The van der Waals surface area contributed by atoms with Crippen LogP contribution in [0.5, 0.6) is 0 Å². The van der Waals surface area contributed by atoms with Crippen LogP contribution in [-0.4, -0.2) is 17.3 Å². The lowest BCUT2D eigenvalue weighted by atomic mass is 9.85. The molecule has 1 saturated carbocycles. The number of fused-ring (bicyclic) bond motifs is 1. The molecule has 0 unspecified atom stereocenters. The first kappa shape index (κ1) is 7.41. The molecule has 0 aromatic carbocycles. The van der Waals surface area contributed by atoms with Crippen molar-refractivity contribution in [2.24, 2.45) is 5.92 Å². The van der Waals surface area contributed by atoms with Gasteiger partial charge in [0.25, 0.3) is 0 Å². The molecule has 2 fully saturated rings. The molecule has 0 aromatic rings. The van der Waals surface area contributed by atoms with Crippen LogP contribution in [0.4, 0.5) is 0 Å². The predicted molar refractivity (Wildman–Crippen MR) is 43.5 cm³/mol. The molecule has 2 nitrogen and oxygen atoms in total. The third kappa shape index (κ3) is 1.24. The molecule has 0 bridgehead atoms. The van der Waals surface area contributed by atoms with Crippen molar-refractivity contribution in [3.05, 3.63) is 0 Å². The predicted octanol–water partition coefficient (Wildman–Crippen LogP) is 1.28. The molecule has 11 heavy (non-hydrogen) atoms. The van der Waals surface area contributed by atoms with Crippen molar-refractivity contribution >= 4 is 17.5 Å². The number of carbonyl (C=O) groups excluding carboxylic acids is 1. The SMILES string of the molecule is O=C1C[C@H]2CCC[C@H](Cl)[C@H]2N1. The number of halogens is 1. The quantitative estimate of drug-likeness (QED) is 0.550. The van der Waals surface area contributed by atoms with Crippen molar-refractivity contribution in [1.29, 1.82) is 0 Å². The van der Waals surface area contributed by atoms with Gasteiger partial charge in [-0.25, -0.2) is 0 Å². The van der Waals surface area contributed by atoms with Gasteiger partial charge in [0, 0.05) is 12.5 Å². The molecule has 1 saturated heterocycles. The molecule has 0 aromatic heterocycles. The monoisotopic (exact) mass is 173 g/mol. The van der Waals surface area contributed by atoms with Gasteiger partial charge in [0.1, 0.15) is 0 Å². The van der Waals surface area contributed by atoms with E-state index in [1.807, 2.05) is 0 Å². The zero-order chi connectivity index (χ0) is 7.84. The van der Waals surface area contributed by atoms with E-state index in [1.54, 1.807) is 0 Å². The van der Waals surface area contributed by atoms with Gasteiger partial charge < -0.3 is 5.32 Å². The average molecular weight is 174 g/mol. The number of hydrogen-bond acceptors (Lipinski definition) is 1. The summed E-state index contributed by atoms with van der Waals surface area (Å²) in [6.45, 7) is 0. The molecule has 3 heteroatoms. The molecule has 62 valence electrons. The zero-order valence-corrected chi connectivity index (χ0v) is 7.10. The van der Waals surface area contributed by atoms with E-state index in [0.717, 1.165) is 6.42 Å². The normalized spacial score (nSPS) is 43.4. The zero-order valence-electron chi connectivity index (χ0n) is 6.35. The maximum absolute atomic E-state index is 11.0. The Kier molecular flexibility index (Phi) is 1.80. The summed E-state index contributed by atoms with van der Waals surface area (Å²) in [5.41, 5.74) is 0. The van der Waals surface area contributed by atoms with Crippen LogP contribution in [0.3, 0.4) is 0 Å². The van der Waals surface area contributed by atoms with Gasteiger partial charge in [0.15, 0.2) is 0 Å². The maximum atomic E-state index is 11.0. The molecule has 2 rings (SSSR count). The molecular weight excluding hydrogens is 162 g/mol. The molecule has 3 atom stereocenters. The van der Waals surface area contributed by atoms with Crippen molar-refractivity contribution in [2.75, 3.05) is 0 Å². The van der Waals surface area contributed by atoms with Crippen LogP contribution in [0, 0.1) is 5.92 Å². The first-order valence-electron chi connectivity index (χ1n) is 4.21. The molecule has 1 N–H and O–H groups in total. The van der Waals surface area contributed by atoms with Crippen molar-refractivity contribution in [3.8, 4) is 0 Å². The molecule has 1 heterocycles. The second-order valence-electron chi connectivity index (χ2n) is 3.50. The number of amides is 1. The standard InChI is InChI=1S/C8H12ClNO/c9-6-3-1-2-5-4-7(11)10-8(5)6/h5-6,8H,1-4H2,(H,10,11)/t5-,6+,8+/m1/s1. The van der Waals surface area contributed by atoms with E-state index in [0.29, 0.717) is 12.3 Å². The van der Waals surface area contributed by atoms with Gasteiger partial charge in [-0.05, 0) is 18.8 Å². The minimum absolute atomic E-state index is 0.181. The van der Waals surface area contributed by atoms with Gasteiger partial charge in [0.05, 0.1) is 5.38 Å². The summed E-state index contributed by atoms with van der Waals surface area (Å²) in [6.07, 6.45) is 4.12. The van der Waals surface area contributed by atoms with Crippen LogP contribution in [-0.2, 0) is 4.79 Å². The Morgan fingerprint density at radius 3 is 3.00 bits per heavy atom. The Morgan fingerprint density at radius 2 is 2.27 bits per heavy atom. The van der Waals surface area contributed by atoms with E-state index in [1.165, 1.54) is 12.8 Å². The van der Waals surface area contributed by atoms with Gasteiger partial charge in [-0.1, -0.05) is 6.42 Å². The highest BCUT2D eigenvalue weighted by atomic mass is 35.5. The fraction of sp³-hybridized carbons (Fsp3) is 0.875. The van der Waals surface area contributed by atoms with Crippen molar-refractivity contribution < 1.29 is 4.79 Å². The van der Waals surface area contributed by atoms with Gasteiger partial charge in [0.2, 0.25) is 5.91 Å². The Bertz CT molecular complexity index is 183. The first-order chi connectivity index (χ1) is 5.27. The van der Waals surface area contributed by atoms with Gasteiger partial charge in [-0.15, -0.1) is 11.6 Å². The Labute approximate surface area is 71.3 Å². The molecule has 0 spiro atoms. The number of rotatable bonds is 0. The summed E-state index contributed by atoms with van der Waals surface area (Å²) in [5, 5.41) is 3.12. The molecular formula is C8H12ClNO. The highest BCUT2D eigenvalue weighted by Crippen LogP contribution is 2.33. The van der Waals surface area contributed by atoms with Crippen LogP contribution < -0.4 is 5.32 Å². The van der Waals surface area contributed by atoms with E-state index in [9.17, 15) is 4.79 Å². The van der Waals surface area contributed by atoms with Crippen molar-refractivity contribution in [1.82, 2.24) is 5.32 Å². The highest BCUT2D eigenvalue weighted by molar-refractivity contribution is 6.21. The summed E-state index contributed by atoms with van der Waals surface area (Å²) in [4.78, 5) is 11.0. The summed E-state index contributed by atoms with van der Waals surface area (Å²) in [7, 11) is 0. The van der Waals surface area contributed by atoms with Crippen LogP contribution >= 0.6 is 11.6 Å². The van der Waals surface area contributed by atoms with Crippen LogP contribution in [0.25, 0.3) is 0 Å². The number of nitrogens with one attached hydrogen (secondary N) is 1. The van der Waals surface area contributed by atoms with Gasteiger partial charge in [-0.3, -0.25) is 4.79 Å². The van der Waals surface area contributed by atoms with E-state index in [2.05, 4.69) is 5.32 Å². The smallest absolute Gasteiger partial charge is 0.220 e. The lowest BCUT2D eigenvalue weighted by Gasteiger charge is -2.28. The van der Waals surface area contributed by atoms with Crippen molar-refractivity contribution in [3.63, 3.8) is 0 Å². The molecule has 2 aliphatic rings. The number of carbonyl (C=O) groups is 1. The fourth-order valence-corrected chi connectivity index (χ4v) is 2.57. The third-order valence-electron chi connectivity index (χ3n) is 2.73. The maximum Gasteiger partial charge on any atom is 0.220 e. The van der Waals surface area contributed by atoms with Crippen LogP contribution in [0.2, 0.25) is 0 Å².